The first-order valence-electron chi connectivity index (χ1n) is 4.35. The van der Waals surface area contributed by atoms with Crippen LogP contribution in [0.1, 0.15) is 16.7 Å². The number of benzene rings is 1. The Hall–Kier alpha value is 0.273. The fourth-order valence-electron chi connectivity index (χ4n) is 1.29. The van der Waals surface area contributed by atoms with Crippen molar-refractivity contribution in [2.45, 2.75) is 13.8 Å². The van der Waals surface area contributed by atoms with E-state index in [0.29, 0.717) is 0 Å². The van der Waals surface area contributed by atoms with Crippen molar-refractivity contribution < 1.29 is 24.6 Å². The molecule has 0 heterocycles. The molecule has 1 aromatic carbocycles. The van der Waals surface area contributed by atoms with Gasteiger partial charge in [0.2, 0.25) is 0 Å². The van der Waals surface area contributed by atoms with Gasteiger partial charge in [-0.25, -0.2) is 0 Å². The quantitative estimate of drug-likeness (QED) is 0.481. The van der Waals surface area contributed by atoms with Crippen LogP contribution >= 0.6 is 22.6 Å². The minimum atomic E-state index is 0. The van der Waals surface area contributed by atoms with Crippen molar-refractivity contribution in [3.8, 4) is 0 Å². The predicted octanol–water partition coefficient (Wildman–Crippen LogP) is 3.52. The fraction of sp³-hybridized carbons (Fsp3) is 0.250. The van der Waals surface area contributed by atoms with Gasteiger partial charge in [0.05, 0.1) is 6.61 Å². The van der Waals surface area contributed by atoms with Crippen LogP contribution in [0.3, 0.4) is 0 Å². The summed E-state index contributed by atoms with van der Waals surface area (Å²) in [6.07, 6.45) is 3.67. The van der Waals surface area contributed by atoms with E-state index in [9.17, 15) is 0 Å². The summed E-state index contributed by atoms with van der Waals surface area (Å²) < 4.78 is 0. The first-order valence-corrected chi connectivity index (χ1v) is 5.87. The van der Waals surface area contributed by atoms with Gasteiger partial charge < -0.3 is 27.7 Å². The first-order chi connectivity index (χ1) is 6.72. The number of aryl methyl sites for hydroxylation is 2. The molecule has 0 aliphatic heterocycles. The zero-order valence-electron chi connectivity index (χ0n) is 9.33. The second kappa shape index (κ2) is 10.8. The summed E-state index contributed by atoms with van der Waals surface area (Å²) in [6, 6.07) is 6.33. The van der Waals surface area contributed by atoms with E-state index in [1.54, 1.807) is 6.08 Å². The predicted molar refractivity (Wildman–Crippen MR) is 71.4 cm³/mol. The third-order valence-electron chi connectivity index (χ3n) is 1.66. The van der Waals surface area contributed by atoms with Crippen molar-refractivity contribution in [3.05, 3.63) is 45.9 Å². The topological polar surface area (TPSA) is 20.2 Å². The van der Waals surface area contributed by atoms with E-state index in [1.807, 2.05) is 28.7 Å². The molecular formula is C12H16IOZn-. The van der Waals surface area contributed by atoms with Gasteiger partial charge in [-0.2, -0.15) is 0 Å². The molecule has 1 rings (SSSR count). The van der Waals surface area contributed by atoms with E-state index in [0.717, 1.165) is 5.56 Å². The Bertz CT molecular complexity index is 277. The van der Waals surface area contributed by atoms with Crippen molar-refractivity contribution >= 4 is 28.7 Å². The Morgan fingerprint density at radius 2 is 1.67 bits per heavy atom. The van der Waals surface area contributed by atoms with Gasteiger partial charge in [0.15, 0.2) is 0 Å². The molecule has 0 aromatic heterocycles. The van der Waals surface area contributed by atoms with Gasteiger partial charge in [-0.05, 0) is 19.4 Å². The largest absolute Gasteiger partial charge is 0.392 e. The number of hydrogen-bond donors (Lipinski definition) is 1. The van der Waals surface area contributed by atoms with E-state index >= 15 is 0 Å². The zero-order chi connectivity index (χ0) is 11.0. The molecule has 0 saturated carbocycles. The van der Waals surface area contributed by atoms with Gasteiger partial charge in [-0.15, -0.1) is 0 Å². The molecule has 3 heteroatoms. The summed E-state index contributed by atoms with van der Waals surface area (Å²) in [4.78, 5) is 3.22. The zero-order valence-corrected chi connectivity index (χ0v) is 14.5. The molecule has 0 spiro atoms. The Morgan fingerprint density at radius 1 is 1.20 bits per heavy atom. The molecule has 80 valence electrons. The van der Waals surface area contributed by atoms with E-state index in [1.165, 1.54) is 11.1 Å². The smallest absolute Gasteiger partial charge is 0.0615 e. The Kier molecular flexibility index (Phi) is 12.7. The number of hydrogen-bond acceptors (Lipinski definition) is 1. The molecule has 1 N–H and O–H groups in total. The maximum absolute atomic E-state index is 8.58. The van der Waals surface area contributed by atoms with Crippen LogP contribution in [0.25, 0.3) is 6.08 Å². The molecule has 0 unspecified atom stereocenters. The second-order valence-electron chi connectivity index (χ2n) is 3.01. The molecule has 0 aliphatic rings. The fourth-order valence-corrected chi connectivity index (χ4v) is 1.29. The van der Waals surface area contributed by atoms with Crippen LogP contribution in [-0.2, 0) is 19.5 Å². The normalized spacial score (nSPS) is 9.13. The third kappa shape index (κ3) is 8.12. The number of aliphatic hydroxyl groups is 1. The molecule has 0 saturated heterocycles. The summed E-state index contributed by atoms with van der Waals surface area (Å²) in [6.45, 7) is 4.25. The van der Waals surface area contributed by atoms with Gasteiger partial charge >= 0.3 is 0 Å². The minimum absolute atomic E-state index is 0. The van der Waals surface area contributed by atoms with Crippen molar-refractivity contribution in [3.63, 3.8) is 0 Å². The maximum atomic E-state index is 8.58. The monoisotopic (exact) mass is 367 g/mol. The number of rotatable bonds is 2. The van der Waals surface area contributed by atoms with E-state index in [2.05, 4.69) is 37.0 Å². The first kappa shape index (κ1) is 17.7. The van der Waals surface area contributed by atoms with Gasteiger partial charge in [-0.1, -0.05) is 41.5 Å². The van der Waals surface area contributed by atoms with Crippen LogP contribution in [-0.4, -0.2) is 11.7 Å². The molecule has 0 amide bonds. The summed E-state index contributed by atoms with van der Waals surface area (Å²) in [7, 11) is 0. The Labute approximate surface area is 119 Å². The maximum Gasteiger partial charge on any atom is 0.0615 e. The molecule has 0 bridgehead atoms. The van der Waals surface area contributed by atoms with Crippen molar-refractivity contribution in [1.82, 2.24) is 0 Å². The van der Waals surface area contributed by atoms with Crippen LogP contribution in [0.5, 0.6) is 0 Å². The number of aliphatic hydroxyl groups excluding tert-OH is 1. The molecule has 0 radical (unpaired) electrons. The second-order valence-corrected chi connectivity index (χ2v) is 3.01. The van der Waals surface area contributed by atoms with E-state index in [4.69, 9.17) is 5.11 Å². The molecule has 0 fully saturated rings. The van der Waals surface area contributed by atoms with Crippen molar-refractivity contribution in [2.24, 2.45) is 0 Å². The van der Waals surface area contributed by atoms with E-state index in [-0.39, 0.29) is 26.1 Å². The summed E-state index contributed by atoms with van der Waals surface area (Å²) >= 11 is 1.90. The van der Waals surface area contributed by atoms with Crippen LogP contribution in [0.2, 0.25) is 0 Å². The average Bonchev–Trinajstić information content (AvgIpc) is 2.16. The average molecular weight is 369 g/mol. The van der Waals surface area contributed by atoms with Crippen molar-refractivity contribution in [2.75, 3.05) is 6.61 Å². The molecule has 0 aliphatic carbocycles. The third-order valence-corrected chi connectivity index (χ3v) is 1.66. The molecule has 1 aromatic rings. The summed E-state index contributed by atoms with van der Waals surface area (Å²) in [5.74, 6) is 0. The summed E-state index contributed by atoms with van der Waals surface area (Å²) in [5, 5.41) is 8.58. The standard InChI is InChI=1S/C11H14O.CH2I.Zn/c1-9-6-10(2)8-11(7-9)4-3-5-12;1-2;/h3-4,6-8,12H,5H2,1-2H3;1H2;/q;-1;/b4-3+;;. The van der Waals surface area contributed by atoms with Gasteiger partial charge in [-0.3, -0.25) is 4.93 Å². The molecule has 1 nitrogen and oxygen atoms in total. The van der Waals surface area contributed by atoms with Crippen molar-refractivity contribution in [1.29, 1.82) is 0 Å². The molecular weight excluding hydrogens is 352 g/mol. The van der Waals surface area contributed by atoms with Crippen LogP contribution in [0.15, 0.2) is 24.3 Å². The van der Waals surface area contributed by atoms with Gasteiger partial charge in [0.25, 0.3) is 0 Å². The molecule has 15 heavy (non-hydrogen) atoms. The summed E-state index contributed by atoms with van der Waals surface area (Å²) in [5.41, 5.74) is 3.67. The van der Waals surface area contributed by atoms with Gasteiger partial charge in [0, 0.05) is 19.5 Å². The Morgan fingerprint density at radius 3 is 2.07 bits per heavy atom. The SMILES string of the molecule is Cc1cc(C)cc(/C=C/CO)c1.[CH2-]I.[Zn]. The van der Waals surface area contributed by atoms with Crippen LogP contribution < -0.4 is 0 Å². The van der Waals surface area contributed by atoms with Crippen LogP contribution in [0.4, 0.5) is 0 Å². The van der Waals surface area contributed by atoms with Crippen LogP contribution in [0, 0.1) is 18.8 Å². The Balaban J connectivity index is 0. The van der Waals surface area contributed by atoms with E-state index < -0.39 is 0 Å². The van der Waals surface area contributed by atoms with Gasteiger partial charge in [0.1, 0.15) is 0 Å². The minimum Gasteiger partial charge on any atom is -0.392 e. The molecule has 0 atom stereocenters. The number of halogens is 1.